The molecular weight excluding hydrogens is 211 g/mol. The number of aliphatic carboxylic acids is 1. The Bertz CT molecular complexity index is 388. The Balaban J connectivity index is 3.29. The van der Waals surface area contributed by atoms with Gasteiger partial charge < -0.3 is 9.84 Å². The van der Waals surface area contributed by atoms with E-state index in [9.17, 15) is 9.18 Å². The minimum absolute atomic E-state index is 0.0172. The van der Waals surface area contributed by atoms with E-state index in [0.29, 0.717) is 5.56 Å². The summed E-state index contributed by atoms with van der Waals surface area (Å²) in [6, 6.07) is 4.33. The monoisotopic (exact) mass is 226 g/mol. The summed E-state index contributed by atoms with van der Waals surface area (Å²) in [5.74, 6) is -2.38. The van der Waals surface area contributed by atoms with Crippen LogP contribution in [-0.4, -0.2) is 18.2 Å². The van der Waals surface area contributed by atoms with E-state index >= 15 is 0 Å². The summed E-state index contributed by atoms with van der Waals surface area (Å²) in [6.45, 7) is 3.56. The molecule has 0 amide bonds. The normalized spacial score (nSPS) is 12.6. The maximum absolute atomic E-state index is 13.4. The van der Waals surface area contributed by atoms with Crippen molar-refractivity contribution in [3.8, 4) is 5.75 Å². The Morgan fingerprint density at radius 1 is 1.44 bits per heavy atom. The molecule has 3 nitrogen and oxygen atoms in total. The minimum atomic E-state index is -0.973. The molecule has 88 valence electrons. The zero-order chi connectivity index (χ0) is 12.3. The minimum Gasteiger partial charge on any atom is -0.493 e. The topological polar surface area (TPSA) is 46.5 Å². The van der Waals surface area contributed by atoms with Crippen molar-refractivity contribution >= 4 is 5.97 Å². The summed E-state index contributed by atoms with van der Waals surface area (Å²) in [4.78, 5) is 11.1. The van der Waals surface area contributed by atoms with Gasteiger partial charge in [0.15, 0.2) is 11.6 Å². The molecule has 1 rings (SSSR count). The second kappa shape index (κ2) is 4.96. The first-order valence-corrected chi connectivity index (χ1v) is 5.04. The van der Waals surface area contributed by atoms with E-state index in [0.717, 1.165) is 0 Å². The Hall–Kier alpha value is -1.58. The summed E-state index contributed by atoms with van der Waals surface area (Å²) >= 11 is 0. The van der Waals surface area contributed by atoms with Crippen LogP contribution in [0, 0.1) is 11.7 Å². The highest BCUT2D eigenvalue weighted by molar-refractivity contribution is 5.77. The van der Waals surface area contributed by atoms with E-state index < -0.39 is 17.7 Å². The Morgan fingerprint density at radius 3 is 2.50 bits per heavy atom. The quantitative estimate of drug-likeness (QED) is 0.858. The fourth-order valence-electron chi connectivity index (χ4n) is 1.76. The predicted octanol–water partition coefficient (Wildman–Crippen LogP) is 2.66. The van der Waals surface area contributed by atoms with Gasteiger partial charge in [-0.25, -0.2) is 4.39 Å². The molecule has 0 aliphatic rings. The van der Waals surface area contributed by atoms with Gasteiger partial charge in [-0.3, -0.25) is 4.79 Å². The second-order valence-corrected chi connectivity index (χ2v) is 3.92. The number of benzene rings is 1. The molecular formula is C12H15FO3. The Labute approximate surface area is 93.9 Å². The van der Waals surface area contributed by atoms with Gasteiger partial charge in [0.1, 0.15) is 0 Å². The molecule has 1 aromatic rings. The molecule has 1 atom stereocenters. The van der Waals surface area contributed by atoms with E-state index in [1.54, 1.807) is 19.9 Å². The lowest BCUT2D eigenvalue weighted by Crippen LogP contribution is -2.18. The van der Waals surface area contributed by atoms with Crippen LogP contribution in [0.1, 0.15) is 25.3 Å². The molecule has 0 fully saturated rings. The maximum Gasteiger partial charge on any atom is 0.311 e. The van der Waals surface area contributed by atoms with E-state index in [4.69, 9.17) is 9.84 Å². The number of carboxylic acid groups (broad SMARTS) is 1. The highest BCUT2D eigenvalue weighted by atomic mass is 19.1. The molecule has 4 heteroatoms. The largest absolute Gasteiger partial charge is 0.493 e. The molecule has 0 aliphatic heterocycles. The van der Waals surface area contributed by atoms with Crippen molar-refractivity contribution in [3.63, 3.8) is 0 Å². The van der Waals surface area contributed by atoms with Crippen LogP contribution in [0.25, 0.3) is 0 Å². The number of hydrogen-bond acceptors (Lipinski definition) is 2. The van der Waals surface area contributed by atoms with Gasteiger partial charge in [-0.1, -0.05) is 26.0 Å². The number of hydrogen-bond donors (Lipinski definition) is 1. The van der Waals surface area contributed by atoms with Crippen molar-refractivity contribution in [2.45, 2.75) is 19.8 Å². The summed E-state index contributed by atoms with van der Waals surface area (Å²) in [5, 5.41) is 9.13. The van der Waals surface area contributed by atoms with E-state index in [1.807, 2.05) is 0 Å². The van der Waals surface area contributed by atoms with Gasteiger partial charge in [0.05, 0.1) is 13.0 Å². The summed E-state index contributed by atoms with van der Waals surface area (Å²) in [5.41, 5.74) is 0.380. The summed E-state index contributed by atoms with van der Waals surface area (Å²) in [6.07, 6.45) is 0. The standard InChI is InChI=1S/C12H15FO3/c1-7(2)10(12(14)15)8-5-4-6-9(13)11(8)16-3/h4-7,10H,1-3H3,(H,14,15). The van der Waals surface area contributed by atoms with Crippen LogP contribution in [-0.2, 0) is 4.79 Å². The third-order valence-corrected chi connectivity index (χ3v) is 2.47. The van der Waals surface area contributed by atoms with Crippen molar-refractivity contribution in [3.05, 3.63) is 29.6 Å². The highest BCUT2D eigenvalue weighted by Gasteiger charge is 2.27. The number of methoxy groups -OCH3 is 1. The zero-order valence-corrected chi connectivity index (χ0v) is 9.53. The van der Waals surface area contributed by atoms with Crippen LogP contribution in [0.15, 0.2) is 18.2 Å². The SMILES string of the molecule is COc1c(F)cccc1C(C(=O)O)C(C)C. The van der Waals surface area contributed by atoms with Gasteiger partial charge in [-0.15, -0.1) is 0 Å². The first-order chi connectivity index (χ1) is 7.49. The summed E-state index contributed by atoms with van der Waals surface area (Å²) in [7, 11) is 1.33. The molecule has 0 aromatic heterocycles. The number of para-hydroxylation sites is 1. The molecule has 0 saturated heterocycles. The van der Waals surface area contributed by atoms with Gasteiger partial charge in [0.2, 0.25) is 0 Å². The smallest absolute Gasteiger partial charge is 0.311 e. The van der Waals surface area contributed by atoms with E-state index in [2.05, 4.69) is 0 Å². The van der Waals surface area contributed by atoms with Crippen LogP contribution in [0.2, 0.25) is 0 Å². The molecule has 0 aliphatic carbocycles. The van der Waals surface area contributed by atoms with Gasteiger partial charge in [0, 0.05) is 5.56 Å². The molecule has 1 N–H and O–H groups in total. The molecule has 0 heterocycles. The second-order valence-electron chi connectivity index (χ2n) is 3.92. The van der Waals surface area contributed by atoms with Crippen molar-refractivity contribution in [1.29, 1.82) is 0 Å². The predicted molar refractivity (Wildman–Crippen MR) is 58.2 cm³/mol. The number of carbonyl (C=O) groups is 1. The van der Waals surface area contributed by atoms with Crippen molar-refractivity contribution < 1.29 is 19.0 Å². The van der Waals surface area contributed by atoms with Crippen LogP contribution in [0.5, 0.6) is 5.75 Å². The third kappa shape index (κ3) is 2.32. The number of halogens is 1. The van der Waals surface area contributed by atoms with E-state index in [1.165, 1.54) is 19.2 Å². The highest BCUT2D eigenvalue weighted by Crippen LogP contribution is 2.33. The molecule has 1 aromatic carbocycles. The molecule has 1 unspecified atom stereocenters. The van der Waals surface area contributed by atoms with Crippen molar-refractivity contribution in [1.82, 2.24) is 0 Å². The van der Waals surface area contributed by atoms with Crippen LogP contribution >= 0.6 is 0 Å². The first-order valence-electron chi connectivity index (χ1n) is 5.04. The van der Waals surface area contributed by atoms with Crippen molar-refractivity contribution in [2.24, 2.45) is 5.92 Å². The Morgan fingerprint density at radius 2 is 2.06 bits per heavy atom. The van der Waals surface area contributed by atoms with Gasteiger partial charge in [0.25, 0.3) is 0 Å². The molecule has 16 heavy (non-hydrogen) atoms. The van der Waals surface area contributed by atoms with Gasteiger partial charge in [-0.2, -0.15) is 0 Å². The maximum atomic E-state index is 13.4. The lowest BCUT2D eigenvalue weighted by molar-refractivity contribution is -0.139. The average molecular weight is 226 g/mol. The fraction of sp³-hybridized carbons (Fsp3) is 0.417. The first kappa shape index (κ1) is 12.5. The lowest BCUT2D eigenvalue weighted by Gasteiger charge is -2.19. The van der Waals surface area contributed by atoms with Gasteiger partial charge in [-0.05, 0) is 12.0 Å². The van der Waals surface area contributed by atoms with Crippen LogP contribution in [0.4, 0.5) is 4.39 Å². The molecule has 0 bridgehead atoms. The number of carboxylic acids is 1. The lowest BCUT2D eigenvalue weighted by atomic mass is 9.88. The van der Waals surface area contributed by atoms with Crippen LogP contribution < -0.4 is 4.74 Å². The molecule has 0 saturated carbocycles. The molecule has 0 radical (unpaired) electrons. The summed E-state index contributed by atoms with van der Waals surface area (Å²) < 4.78 is 18.3. The Kier molecular flexibility index (Phi) is 3.88. The number of rotatable bonds is 4. The van der Waals surface area contributed by atoms with Crippen LogP contribution in [0.3, 0.4) is 0 Å². The third-order valence-electron chi connectivity index (χ3n) is 2.47. The van der Waals surface area contributed by atoms with E-state index in [-0.39, 0.29) is 11.7 Å². The number of ether oxygens (including phenoxy) is 1. The fourth-order valence-corrected chi connectivity index (χ4v) is 1.76. The zero-order valence-electron chi connectivity index (χ0n) is 9.53. The average Bonchev–Trinajstić information content (AvgIpc) is 2.16. The van der Waals surface area contributed by atoms with Crippen molar-refractivity contribution in [2.75, 3.05) is 7.11 Å². The van der Waals surface area contributed by atoms with Gasteiger partial charge >= 0.3 is 5.97 Å². The molecule has 0 spiro atoms.